The van der Waals surface area contributed by atoms with Crippen LogP contribution in [0.25, 0.3) is 56.2 Å². The van der Waals surface area contributed by atoms with Gasteiger partial charge in [0, 0.05) is 98.4 Å². The fourth-order valence-electron chi connectivity index (χ4n) is 9.83. The van der Waals surface area contributed by atoms with Crippen molar-refractivity contribution in [1.82, 2.24) is 36.5 Å². The summed E-state index contributed by atoms with van der Waals surface area (Å²) in [5, 5.41) is 8.98. The van der Waals surface area contributed by atoms with E-state index in [1.807, 2.05) is 4.93 Å². The van der Waals surface area contributed by atoms with E-state index in [0.717, 1.165) is 13.7 Å². The number of carbonyl (C=O) groups excluding carboxylic acids is 2. The van der Waals surface area contributed by atoms with Gasteiger partial charge in [-0.05, 0) is 89.9 Å². The van der Waals surface area contributed by atoms with Crippen LogP contribution in [0.2, 0.25) is 0 Å². The molecule has 8 aromatic rings. The van der Waals surface area contributed by atoms with Crippen molar-refractivity contribution in [3.63, 3.8) is 0 Å². The Morgan fingerprint density at radius 1 is 0.511 bits per heavy atom. The summed E-state index contributed by atoms with van der Waals surface area (Å²) in [5.41, 5.74) is 1.53. The summed E-state index contributed by atoms with van der Waals surface area (Å²) in [5.74, 6) is -2.06. The number of aliphatic hydroxyl groups is 1. The topological polar surface area (TPSA) is 304 Å². The number of alkyl halides is 10. The van der Waals surface area contributed by atoms with Crippen LogP contribution >= 0.6 is 22.6 Å². The van der Waals surface area contributed by atoms with Crippen molar-refractivity contribution in [1.29, 1.82) is 0 Å². The van der Waals surface area contributed by atoms with Gasteiger partial charge in [0.25, 0.3) is 16.7 Å². The molecule has 0 unspecified atom stereocenters. The standard InChI is InChI=1S/C20H20F3N3O5.C20H19F3N2O5.C18H18F3N3O4.CH3I.Li.2H2O/c1-12(27)30-9-5-8-26-18(28)17-16(25(3)19(26)29)11-15(24(17)2)13-6-4-7-14(10-13)31-20(21,22)23;1-12(26)29-8-4-7-25-18(27)16-10-14(11-17(16)24(2)19(25)28)13-5-3-6-15(9-13)30-20(21,22)23;1-22-13(11-5-3-6-12(9-11)28-18(19,20)21)10-14-15(22)16(26)24(7-4-8-25)17(27)23(14)2;1-2;;;/h4,6-7,10-11H,5,8-9H2,1-3H3;3,5-6,9,11H,4,7-8,10H2,1-2H3;3,5-6,9-10,25H,4,7-8H2,1-2H3;1H3;;2*1H2/q;;;;+1;;/p-1. The van der Waals surface area contributed by atoms with Crippen molar-refractivity contribution in [2.75, 3.05) is 24.8 Å². The van der Waals surface area contributed by atoms with Gasteiger partial charge < -0.3 is 48.9 Å². The first-order chi connectivity index (χ1) is 42.7. The van der Waals surface area contributed by atoms with Gasteiger partial charge in [-0.15, -0.1) is 39.5 Å². The van der Waals surface area contributed by atoms with Crippen LogP contribution in [0.3, 0.4) is 0 Å². The number of hydrogen-bond donors (Lipinski definition) is 1. The zero-order chi connectivity index (χ0) is 67.6. The molecule has 1 aliphatic carbocycles. The van der Waals surface area contributed by atoms with Gasteiger partial charge in [-0.3, -0.25) is 51.4 Å². The first-order valence-corrected chi connectivity index (χ1v) is 29.3. The molecule has 4 N–H and O–H groups in total. The van der Waals surface area contributed by atoms with Gasteiger partial charge in [-0.25, -0.2) is 14.4 Å². The summed E-state index contributed by atoms with van der Waals surface area (Å²) < 4.78 is 144. The van der Waals surface area contributed by atoms with Crippen molar-refractivity contribution in [3.8, 4) is 39.8 Å². The molecular formula is C59H63F9ILiN8O16. The Kier molecular flexibility index (Phi) is 28.4. The predicted molar refractivity (Wildman–Crippen MR) is 329 cm³/mol. The molecule has 0 fully saturated rings. The normalized spacial score (nSPS) is 11.6. The Hall–Kier alpha value is -8.56. The van der Waals surface area contributed by atoms with E-state index in [-0.39, 0.29) is 111 Å². The Morgan fingerprint density at radius 3 is 1.21 bits per heavy atom. The number of allylic oxidation sites excluding steroid dienone is 1. The number of benzene rings is 3. The molecule has 9 rings (SSSR count). The van der Waals surface area contributed by atoms with E-state index in [2.05, 4.69) is 36.8 Å². The molecule has 0 saturated heterocycles. The van der Waals surface area contributed by atoms with Gasteiger partial charge >= 0.3 is 67.0 Å². The fraction of sp³-hybridized carbons (Fsp3) is 0.356. The first-order valence-electron chi connectivity index (χ1n) is 27.2. The number of aromatic nitrogens is 8. The molecule has 0 aliphatic heterocycles. The predicted octanol–water partition coefficient (Wildman–Crippen LogP) is 4.09. The zero-order valence-corrected chi connectivity index (χ0v) is 53.9. The summed E-state index contributed by atoms with van der Waals surface area (Å²) in [6.45, 7) is 2.69. The maximum Gasteiger partial charge on any atom is 1.00 e. The maximum absolute atomic E-state index is 13.0. The number of aliphatic hydroxyl groups excluding tert-OH is 1. The summed E-state index contributed by atoms with van der Waals surface area (Å²) >= 11 is 2.15. The van der Waals surface area contributed by atoms with Crippen LogP contribution in [0.15, 0.2) is 114 Å². The number of nitrogens with zero attached hydrogens (tertiary/aromatic N) is 8. The Labute approximate surface area is 552 Å². The fourth-order valence-corrected chi connectivity index (χ4v) is 9.83. The number of aryl methyl sites for hydroxylation is 4. The number of carbonyl (C=O) groups is 2. The largest absolute Gasteiger partial charge is 1.00 e. The maximum atomic E-state index is 13.0. The Balaban J connectivity index is 0.000000357. The first kappa shape index (κ1) is 79.7. The van der Waals surface area contributed by atoms with E-state index in [0.29, 0.717) is 62.4 Å². The van der Waals surface area contributed by atoms with Crippen molar-refractivity contribution < 1.29 is 108 Å². The number of rotatable bonds is 17. The molecule has 1 aliphatic rings. The molecule has 24 nitrogen and oxygen atoms in total. The average Bonchev–Trinajstić information content (AvgIpc) is 1.60. The minimum atomic E-state index is -4.83. The zero-order valence-electron chi connectivity index (χ0n) is 51.8. The van der Waals surface area contributed by atoms with E-state index in [9.17, 15) is 77.9 Å². The molecule has 5 aromatic heterocycles. The van der Waals surface area contributed by atoms with Crippen LogP contribution in [0.1, 0.15) is 49.9 Å². The molecule has 0 spiro atoms. The SMILES string of the molecule is CC(=O)OCCCn1c(=O)c2c(cc(-c3cccc(OC(F)(F)F)c3)n2C)n(C)c1=O.CC(=O)OCCCn1c(=O)c2c(n(C)c1=O)C=C(c1cccc(OC(F)(F)F)c1)C2.CI.Cn1c(-c2cccc(OC(F)(F)F)c2)cc2c1c(=O)n(CCCO)c(=O)n2C.O.[Li+].[OH-]. The van der Waals surface area contributed by atoms with E-state index in [4.69, 9.17) is 14.6 Å². The van der Waals surface area contributed by atoms with Crippen molar-refractivity contribution in [3.05, 3.63) is 164 Å². The molecule has 0 bridgehead atoms. The van der Waals surface area contributed by atoms with Crippen molar-refractivity contribution in [2.45, 2.75) is 78.3 Å². The Morgan fingerprint density at radius 2 is 0.851 bits per heavy atom. The van der Waals surface area contributed by atoms with Crippen molar-refractivity contribution >= 4 is 68.2 Å². The third-order valence-electron chi connectivity index (χ3n) is 13.8. The summed E-state index contributed by atoms with van der Waals surface area (Å²) in [6, 6.07) is 19.3. The third kappa shape index (κ3) is 19.5. The summed E-state index contributed by atoms with van der Waals surface area (Å²) in [7, 11) is 7.71. The number of fused-ring (bicyclic) bond motifs is 3. The molecule has 0 amide bonds. The molecule has 35 heteroatoms. The van der Waals surface area contributed by atoms with Crippen LogP contribution in [0.4, 0.5) is 39.5 Å². The molecule has 0 radical (unpaired) electrons. The van der Waals surface area contributed by atoms with Gasteiger partial charge in [-0.1, -0.05) is 59.0 Å². The van der Waals surface area contributed by atoms with E-state index in [1.54, 1.807) is 50.5 Å². The molecule has 506 valence electrons. The van der Waals surface area contributed by atoms with Crippen LogP contribution in [0, 0.1) is 0 Å². The second kappa shape index (κ2) is 33.5. The third-order valence-corrected chi connectivity index (χ3v) is 13.8. The van der Waals surface area contributed by atoms with Crippen LogP contribution in [-0.2, 0) is 80.4 Å². The average molecular weight is 1450 g/mol. The molecule has 94 heavy (non-hydrogen) atoms. The van der Waals surface area contributed by atoms with E-state index >= 15 is 0 Å². The molecule has 0 saturated carbocycles. The van der Waals surface area contributed by atoms with Crippen LogP contribution in [0.5, 0.6) is 17.2 Å². The van der Waals surface area contributed by atoms with Crippen LogP contribution < -0.4 is 66.8 Å². The minimum absolute atomic E-state index is 0. The van der Waals surface area contributed by atoms with Gasteiger partial charge in [0.15, 0.2) is 0 Å². The van der Waals surface area contributed by atoms with Gasteiger partial charge in [0.2, 0.25) is 0 Å². The quantitative estimate of drug-likeness (QED) is 0.0335. The number of halogens is 10. The van der Waals surface area contributed by atoms with E-state index < -0.39 is 70.5 Å². The van der Waals surface area contributed by atoms with Crippen LogP contribution in [-0.4, -0.2) is 108 Å². The Bertz CT molecular complexity index is 4430. The second-order valence-electron chi connectivity index (χ2n) is 19.9. The van der Waals surface area contributed by atoms with Crippen molar-refractivity contribution in [2.24, 2.45) is 35.2 Å². The molecule has 0 atom stereocenters. The summed E-state index contributed by atoms with van der Waals surface area (Å²) in [4.78, 5) is 100. The number of ether oxygens (including phenoxy) is 5. The monoisotopic (exact) mass is 1440 g/mol. The molecular weight excluding hydrogens is 1380 g/mol. The van der Waals surface area contributed by atoms with Gasteiger partial charge in [0.05, 0.1) is 41.3 Å². The molecule has 3 aromatic carbocycles. The number of hydrogen-bond acceptors (Lipinski definition) is 15. The van der Waals surface area contributed by atoms with Gasteiger partial charge in [-0.2, -0.15) is 0 Å². The smallest absolute Gasteiger partial charge is 0.870 e. The molecule has 5 heterocycles. The second-order valence-corrected chi connectivity index (χ2v) is 19.9. The minimum Gasteiger partial charge on any atom is -0.870 e. The summed E-state index contributed by atoms with van der Waals surface area (Å²) in [6.07, 6.45) is -11.9. The number of esters is 2. The van der Waals surface area contributed by atoms with E-state index in [1.165, 1.54) is 112 Å². The van der Waals surface area contributed by atoms with Gasteiger partial charge in [0.1, 0.15) is 28.3 Å².